The van der Waals surface area contributed by atoms with Crippen LogP contribution in [-0.4, -0.2) is 33.9 Å². The summed E-state index contributed by atoms with van der Waals surface area (Å²) >= 11 is 0. The smallest absolute Gasteiger partial charge is 0.254 e. The number of aliphatic hydroxyl groups excluding tert-OH is 1. The highest BCUT2D eigenvalue weighted by atomic mass is 16.3. The fourth-order valence-corrected chi connectivity index (χ4v) is 2.09. The molecule has 0 fully saturated rings. The SMILES string of the molecule is Cc1ccc(C)c(-n2ncc(C(=O)NCCO)c2C)c1. The number of nitrogens with one attached hydrogen (secondary N) is 1. The molecule has 106 valence electrons. The van der Waals surface area contributed by atoms with Crippen molar-refractivity contribution < 1.29 is 9.90 Å². The van der Waals surface area contributed by atoms with Gasteiger partial charge in [-0.05, 0) is 38.0 Å². The van der Waals surface area contributed by atoms with Gasteiger partial charge in [-0.3, -0.25) is 4.79 Å². The van der Waals surface area contributed by atoms with E-state index in [2.05, 4.69) is 10.4 Å². The number of aliphatic hydroxyl groups is 1. The Labute approximate surface area is 118 Å². The molecule has 0 spiro atoms. The Bertz CT molecular complexity index is 632. The molecule has 0 saturated carbocycles. The molecule has 1 aromatic carbocycles. The molecule has 2 N–H and O–H groups in total. The quantitative estimate of drug-likeness (QED) is 0.887. The summed E-state index contributed by atoms with van der Waals surface area (Å²) in [7, 11) is 0. The molecule has 0 atom stereocenters. The summed E-state index contributed by atoms with van der Waals surface area (Å²) in [4.78, 5) is 11.9. The monoisotopic (exact) mass is 273 g/mol. The molecule has 5 nitrogen and oxygen atoms in total. The van der Waals surface area contributed by atoms with E-state index in [1.165, 1.54) is 0 Å². The number of amides is 1. The third-order valence-electron chi connectivity index (χ3n) is 3.24. The fraction of sp³-hybridized carbons (Fsp3) is 0.333. The van der Waals surface area contributed by atoms with Crippen LogP contribution < -0.4 is 5.32 Å². The molecule has 20 heavy (non-hydrogen) atoms. The lowest BCUT2D eigenvalue weighted by atomic mass is 10.1. The van der Waals surface area contributed by atoms with Crippen molar-refractivity contribution in [3.63, 3.8) is 0 Å². The van der Waals surface area contributed by atoms with Crippen LogP contribution in [0, 0.1) is 20.8 Å². The molecule has 1 aromatic heterocycles. The Morgan fingerprint density at radius 3 is 2.80 bits per heavy atom. The van der Waals surface area contributed by atoms with Gasteiger partial charge in [-0.15, -0.1) is 0 Å². The highest BCUT2D eigenvalue weighted by Crippen LogP contribution is 2.19. The van der Waals surface area contributed by atoms with Gasteiger partial charge < -0.3 is 10.4 Å². The van der Waals surface area contributed by atoms with Crippen LogP contribution in [0.15, 0.2) is 24.4 Å². The van der Waals surface area contributed by atoms with Gasteiger partial charge in [0.2, 0.25) is 0 Å². The first-order chi connectivity index (χ1) is 9.54. The molecule has 0 aliphatic heterocycles. The fourth-order valence-electron chi connectivity index (χ4n) is 2.09. The number of carbonyl (C=O) groups is 1. The van der Waals surface area contributed by atoms with E-state index >= 15 is 0 Å². The van der Waals surface area contributed by atoms with Crippen LogP contribution in [0.5, 0.6) is 0 Å². The minimum atomic E-state index is -0.215. The van der Waals surface area contributed by atoms with Crippen molar-refractivity contribution in [3.05, 3.63) is 46.8 Å². The summed E-state index contributed by atoms with van der Waals surface area (Å²) in [6.45, 7) is 6.07. The summed E-state index contributed by atoms with van der Waals surface area (Å²) in [5.74, 6) is -0.215. The normalized spacial score (nSPS) is 10.6. The number of benzene rings is 1. The molecular formula is C15H19N3O2. The van der Waals surface area contributed by atoms with Crippen LogP contribution in [0.25, 0.3) is 5.69 Å². The van der Waals surface area contributed by atoms with Gasteiger partial charge in [0.25, 0.3) is 5.91 Å². The van der Waals surface area contributed by atoms with E-state index in [0.717, 1.165) is 22.5 Å². The number of carbonyl (C=O) groups excluding carboxylic acids is 1. The van der Waals surface area contributed by atoms with E-state index in [9.17, 15) is 4.79 Å². The van der Waals surface area contributed by atoms with Gasteiger partial charge in [0.05, 0.1) is 29.7 Å². The molecule has 2 aromatic rings. The van der Waals surface area contributed by atoms with Crippen molar-refractivity contribution >= 4 is 5.91 Å². The third kappa shape index (κ3) is 2.72. The molecule has 1 heterocycles. The second-order valence-electron chi connectivity index (χ2n) is 4.82. The number of aryl methyl sites for hydroxylation is 2. The van der Waals surface area contributed by atoms with E-state index in [4.69, 9.17) is 5.11 Å². The minimum Gasteiger partial charge on any atom is -0.395 e. The molecule has 1 amide bonds. The average molecular weight is 273 g/mol. The predicted octanol–water partition coefficient (Wildman–Crippen LogP) is 1.52. The first kappa shape index (κ1) is 14.3. The Balaban J connectivity index is 2.38. The van der Waals surface area contributed by atoms with Gasteiger partial charge in [-0.2, -0.15) is 5.10 Å². The second kappa shape index (κ2) is 5.88. The molecule has 0 saturated heterocycles. The largest absolute Gasteiger partial charge is 0.395 e. The van der Waals surface area contributed by atoms with Crippen LogP contribution in [0.4, 0.5) is 0 Å². The van der Waals surface area contributed by atoms with Crippen molar-refractivity contribution in [1.29, 1.82) is 0 Å². The highest BCUT2D eigenvalue weighted by Gasteiger charge is 2.15. The van der Waals surface area contributed by atoms with E-state index in [-0.39, 0.29) is 19.1 Å². The maximum absolute atomic E-state index is 11.9. The summed E-state index contributed by atoms with van der Waals surface area (Å²) in [6.07, 6.45) is 1.56. The molecule has 0 bridgehead atoms. The zero-order chi connectivity index (χ0) is 14.7. The number of nitrogens with zero attached hydrogens (tertiary/aromatic N) is 2. The summed E-state index contributed by atoms with van der Waals surface area (Å²) in [6, 6.07) is 6.13. The average Bonchev–Trinajstić information content (AvgIpc) is 2.80. The summed E-state index contributed by atoms with van der Waals surface area (Å²) in [5, 5.41) is 15.7. The lowest BCUT2D eigenvalue weighted by molar-refractivity contribution is 0.0944. The Morgan fingerprint density at radius 2 is 2.10 bits per heavy atom. The van der Waals surface area contributed by atoms with Crippen LogP contribution in [0.2, 0.25) is 0 Å². The molecule has 0 radical (unpaired) electrons. The Hall–Kier alpha value is -2.14. The van der Waals surface area contributed by atoms with Gasteiger partial charge in [0.15, 0.2) is 0 Å². The van der Waals surface area contributed by atoms with Crippen LogP contribution in [0.1, 0.15) is 27.2 Å². The summed E-state index contributed by atoms with van der Waals surface area (Å²) in [5.41, 5.74) is 4.54. The van der Waals surface area contributed by atoms with E-state index in [1.807, 2.05) is 39.0 Å². The van der Waals surface area contributed by atoms with Crippen LogP contribution >= 0.6 is 0 Å². The predicted molar refractivity (Wildman–Crippen MR) is 77.2 cm³/mol. The zero-order valence-electron chi connectivity index (χ0n) is 12.0. The molecule has 0 unspecified atom stereocenters. The molecule has 2 rings (SSSR count). The molecule has 5 heteroatoms. The van der Waals surface area contributed by atoms with Gasteiger partial charge in [-0.1, -0.05) is 12.1 Å². The first-order valence-electron chi connectivity index (χ1n) is 6.56. The van der Waals surface area contributed by atoms with Crippen molar-refractivity contribution in [2.75, 3.05) is 13.2 Å². The molecule has 0 aliphatic carbocycles. The van der Waals surface area contributed by atoms with E-state index in [0.29, 0.717) is 5.56 Å². The van der Waals surface area contributed by atoms with Crippen LogP contribution in [0.3, 0.4) is 0 Å². The zero-order valence-corrected chi connectivity index (χ0v) is 12.0. The van der Waals surface area contributed by atoms with Gasteiger partial charge >= 0.3 is 0 Å². The number of rotatable bonds is 4. The summed E-state index contributed by atoms with van der Waals surface area (Å²) < 4.78 is 1.77. The number of aromatic nitrogens is 2. The van der Waals surface area contributed by atoms with Crippen molar-refractivity contribution in [1.82, 2.24) is 15.1 Å². The molecule has 0 aliphatic rings. The first-order valence-corrected chi connectivity index (χ1v) is 6.56. The third-order valence-corrected chi connectivity index (χ3v) is 3.24. The highest BCUT2D eigenvalue weighted by molar-refractivity contribution is 5.95. The maximum atomic E-state index is 11.9. The van der Waals surface area contributed by atoms with E-state index < -0.39 is 0 Å². The van der Waals surface area contributed by atoms with Gasteiger partial charge in [0.1, 0.15) is 0 Å². The van der Waals surface area contributed by atoms with Crippen molar-refractivity contribution in [3.8, 4) is 5.69 Å². The van der Waals surface area contributed by atoms with Gasteiger partial charge in [-0.25, -0.2) is 4.68 Å². The molecular weight excluding hydrogens is 254 g/mol. The van der Waals surface area contributed by atoms with Crippen molar-refractivity contribution in [2.45, 2.75) is 20.8 Å². The number of hydrogen-bond acceptors (Lipinski definition) is 3. The topological polar surface area (TPSA) is 67.2 Å². The Morgan fingerprint density at radius 1 is 1.35 bits per heavy atom. The van der Waals surface area contributed by atoms with E-state index in [1.54, 1.807) is 10.9 Å². The standard InChI is InChI=1S/C15H19N3O2/c1-10-4-5-11(2)14(8-10)18-12(3)13(9-17-18)15(20)16-6-7-19/h4-5,8-9,19H,6-7H2,1-3H3,(H,16,20). The maximum Gasteiger partial charge on any atom is 0.254 e. The minimum absolute atomic E-state index is 0.0735. The second-order valence-corrected chi connectivity index (χ2v) is 4.82. The Kier molecular flexibility index (Phi) is 4.20. The lowest BCUT2D eigenvalue weighted by Crippen LogP contribution is -2.26. The lowest BCUT2D eigenvalue weighted by Gasteiger charge is -2.10. The van der Waals surface area contributed by atoms with Crippen molar-refractivity contribution in [2.24, 2.45) is 0 Å². The van der Waals surface area contributed by atoms with Gasteiger partial charge in [0, 0.05) is 6.54 Å². The number of hydrogen-bond donors (Lipinski definition) is 2. The van der Waals surface area contributed by atoms with Crippen LogP contribution in [-0.2, 0) is 0 Å².